The van der Waals surface area contributed by atoms with E-state index < -0.39 is 57.8 Å². The Bertz CT molecular complexity index is 1670. The lowest BCUT2D eigenvalue weighted by atomic mass is 10.1. The number of phosphoric ester groups is 1. The molecule has 0 bridgehead atoms. The minimum Gasteiger partial charge on any atom is -0.462 e. The third-order valence-corrected chi connectivity index (χ3v) is 11.8. The first-order valence-corrected chi connectivity index (χ1v) is 28.9. The van der Waals surface area contributed by atoms with Crippen LogP contribution in [0.1, 0.15) is 201 Å². The van der Waals surface area contributed by atoms with Crippen molar-refractivity contribution < 1.29 is 52.2 Å². The van der Waals surface area contributed by atoms with Crippen LogP contribution in [0.25, 0.3) is 0 Å². The maximum atomic E-state index is 12.9. The number of aliphatic hydroxyl groups is 1. The van der Waals surface area contributed by atoms with Gasteiger partial charge in [-0.15, -0.1) is 0 Å². The Hall–Kier alpha value is -4.12. The largest absolute Gasteiger partial charge is 0.472 e. The Morgan fingerprint density at radius 2 is 0.736 bits per heavy atom. The molecule has 11 nitrogen and oxygen atoms in total. The molecule has 3 unspecified atom stereocenters. The van der Waals surface area contributed by atoms with Crippen LogP contribution in [0.5, 0.6) is 0 Å². The Morgan fingerprint density at radius 3 is 1.17 bits per heavy atom. The number of phosphoric acid groups is 1. The molecule has 12 heteroatoms. The Morgan fingerprint density at radius 1 is 0.403 bits per heavy atom. The molecule has 0 aliphatic carbocycles. The number of hydrogen-bond donors (Lipinski definition) is 2. The molecule has 0 amide bonds. The van der Waals surface area contributed by atoms with Gasteiger partial charge in [0.2, 0.25) is 0 Å². The van der Waals surface area contributed by atoms with Gasteiger partial charge in [0.15, 0.2) is 6.10 Å². The van der Waals surface area contributed by atoms with Crippen molar-refractivity contribution in [2.45, 2.75) is 213 Å². The summed E-state index contributed by atoms with van der Waals surface area (Å²) >= 11 is 0. The van der Waals surface area contributed by atoms with Crippen LogP contribution in [0.15, 0.2) is 122 Å². The molecule has 0 aliphatic heterocycles. The van der Waals surface area contributed by atoms with Crippen molar-refractivity contribution in [3.05, 3.63) is 122 Å². The Balaban J connectivity index is 4.79. The van der Waals surface area contributed by atoms with Gasteiger partial charge in [-0.2, -0.15) is 0 Å². The van der Waals surface area contributed by atoms with E-state index in [1.54, 1.807) is 0 Å². The summed E-state index contributed by atoms with van der Waals surface area (Å²) in [5, 5.41) is 9.79. The number of carbonyl (C=O) groups excluding carboxylic acids is 3. The smallest absolute Gasteiger partial charge is 0.462 e. The molecule has 0 heterocycles. The lowest BCUT2D eigenvalue weighted by Gasteiger charge is -2.21. The average molecular weight is 1030 g/mol. The molecular weight excluding hydrogens is 928 g/mol. The second kappa shape index (κ2) is 53.2. The summed E-state index contributed by atoms with van der Waals surface area (Å²) in [5.74, 6) is -1.58. The van der Waals surface area contributed by atoms with Gasteiger partial charge in [-0.25, -0.2) is 4.57 Å². The van der Waals surface area contributed by atoms with Crippen molar-refractivity contribution in [1.82, 2.24) is 0 Å². The van der Waals surface area contributed by atoms with Crippen molar-refractivity contribution in [2.75, 3.05) is 26.4 Å². The highest BCUT2D eigenvalue weighted by Gasteiger charge is 2.28. The van der Waals surface area contributed by atoms with E-state index in [0.29, 0.717) is 25.7 Å². The minimum absolute atomic E-state index is 0.0906. The molecule has 3 atom stereocenters. The first-order valence-electron chi connectivity index (χ1n) is 27.4. The van der Waals surface area contributed by atoms with Crippen molar-refractivity contribution in [3.8, 4) is 0 Å². The number of hydrogen-bond acceptors (Lipinski definition) is 10. The summed E-state index contributed by atoms with van der Waals surface area (Å²) < 4.78 is 39.3. The molecule has 72 heavy (non-hydrogen) atoms. The number of rotatable bonds is 49. The van der Waals surface area contributed by atoms with Gasteiger partial charge < -0.3 is 24.2 Å². The van der Waals surface area contributed by atoms with Crippen LogP contribution >= 0.6 is 7.82 Å². The highest BCUT2D eigenvalue weighted by Crippen LogP contribution is 2.43. The van der Waals surface area contributed by atoms with Crippen molar-refractivity contribution in [1.29, 1.82) is 0 Å². The van der Waals surface area contributed by atoms with E-state index in [1.807, 2.05) is 12.2 Å². The fourth-order valence-electron chi connectivity index (χ4n) is 6.77. The second-order valence-corrected chi connectivity index (χ2v) is 19.1. The van der Waals surface area contributed by atoms with E-state index in [9.17, 15) is 28.9 Å². The molecule has 0 aromatic rings. The third kappa shape index (κ3) is 50.8. The zero-order valence-corrected chi connectivity index (χ0v) is 45.7. The molecule has 0 saturated carbocycles. The predicted molar refractivity (Wildman–Crippen MR) is 297 cm³/mol. The quantitative estimate of drug-likeness (QED) is 0.0197. The van der Waals surface area contributed by atoms with Crippen molar-refractivity contribution >= 4 is 25.7 Å². The number of unbranched alkanes of at least 4 members (excludes halogenated alkanes) is 12. The number of aliphatic hydroxyl groups excluding tert-OH is 1. The summed E-state index contributed by atoms with van der Waals surface area (Å²) in [6.45, 7) is 4.26. The molecule has 0 fully saturated rings. The van der Waals surface area contributed by atoms with Gasteiger partial charge in [0.1, 0.15) is 12.7 Å². The van der Waals surface area contributed by atoms with Gasteiger partial charge in [-0.1, -0.05) is 200 Å². The molecule has 0 radical (unpaired) electrons. The molecule has 0 aromatic carbocycles. The molecule has 2 N–H and O–H groups in total. The highest BCUT2D eigenvalue weighted by atomic mass is 31.2. The van der Waals surface area contributed by atoms with Gasteiger partial charge in [0.05, 0.1) is 19.8 Å². The summed E-state index contributed by atoms with van der Waals surface area (Å²) in [4.78, 5) is 48.3. The summed E-state index contributed by atoms with van der Waals surface area (Å²) in [6, 6.07) is 0. The topological polar surface area (TPSA) is 155 Å². The average Bonchev–Trinajstić information content (AvgIpc) is 3.37. The Labute approximate surface area is 437 Å². The van der Waals surface area contributed by atoms with Gasteiger partial charge in [0, 0.05) is 19.3 Å². The molecule has 0 aromatic heterocycles. The zero-order valence-electron chi connectivity index (χ0n) is 44.8. The van der Waals surface area contributed by atoms with E-state index in [1.165, 1.54) is 32.1 Å². The van der Waals surface area contributed by atoms with Gasteiger partial charge in [-0.05, 0) is 103 Å². The van der Waals surface area contributed by atoms with Gasteiger partial charge in [0.25, 0.3) is 0 Å². The maximum Gasteiger partial charge on any atom is 0.472 e. The molecule has 0 rings (SSSR count). The summed E-state index contributed by atoms with van der Waals surface area (Å²) in [6.07, 6.45) is 64.6. The number of esters is 3. The monoisotopic (exact) mass is 1020 g/mol. The normalized spacial score (nSPS) is 14.3. The van der Waals surface area contributed by atoms with Crippen molar-refractivity contribution in [3.63, 3.8) is 0 Å². The van der Waals surface area contributed by atoms with E-state index in [0.717, 1.165) is 103 Å². The lowest BCUT2D eigenvalue weighted by molar-refractivity contribution is -0.161. The molecular formula is C60H97O11P. The minimum atomic E-state index is -4.77. The van der Waals surface area contributed by atoms with Gasteiger partial charge in [-0.3, -0.25) is 23.4 Å². The summed E-state index contributed by atoms with van der Waals surface area (Å²) in [5.41, 5.74) is 0. The molecule has 408 valence electrons. The van der Waals surface area contributed by atoms with Crippen LogP contribution in [0.2, 0.25) is 0 Å². The first kappa shape index (κ1) is 67.9. The fourth-order valence-corrected chi connectivity index (χ4v) is 7.55. The molecule has 0 spiro atoms. The van der Waals surface area contributed by atoms with Crippen LogP contribution in [-0.2, 0) is 42.2 Å². The molecule has 0 saturated heterocycles. The van der Waals surface area contributed by atoms with E-state index in [-0.39, 0.29) is 25.9 Å². The maximum absolute atomic E-state index is 12.9. The van der Waals surface area contributed by atoms with E-state index in [4.69, 9.17) is 23.3 Å². The number of allylic oxidation sites excluding steroid dienone is 20. The van der Waals surface area contributed by atoms with E-state index >= 15 is 0 Å². The summed E-state index contributed by atoms with van der Waals surface area (Å²) in [7, 11) is -4.77. The van der Waals surface area contributed by atoms with Crippen LogP contribution in [0, 0.1) is 0 Å². The SMILES string of the molecule is CC/C=C\C/C=C\C/C=C\C/C=C\C/C=C\CCCCCC(=O)OC(COC(=O)CCCCCCCCCCC)COP(=O)(O)OCC(CO)OC(=O)CCC/C=C\C/C=C\C/C=C\C/C=C\C/C=C\CC. The van der Waals surface area contributed by atoms with Crippen LogP contribution in [-0.4, -0.2) is 66.5 Å². The highest BCUT2D eigenvalue weighted by molar-refractivity contribution is 7.47. The number of carbonyl (C=O) groups is 3. The van der Waals surface area contributed by atoms with Crippen LogP contribution in [0.3, 0.4) is 0 Å². The van der Waals surface area contributed by atoms with Gasteiger partial charge >= 0.3 is 25.7 Å². The standard InChI is InChI=1S/C60H97O11P/c1-4-7-10-13-16-19-21-23-25-27-28-30-32-34-36-39-42-45-48-51-60(64)71-57(53-67-58(62)49-46-43-40-37-18-15-12-9-6-3)55-69-72(65,66)68-54-56(52-61)70-59(63)50-47-44-41-38-35-33-31-29-26-24-22-20-17-14-11-8-5-2/h7-8,10-11,16-17,19-20,23-26,28,30-31,33-34,36,38,41,56-57,61H,4-6,9,12-15,18,21-22,27,29,32,35,37,39-40,42-55H2,1-3H3,(H,65,66)/b10-7-,11-8-,19-16-,20-17-,25-23-,26-24-,30-28-,33-31-,36-34-,41-38-. The molecule has 0 aliphatic rings. The number of ether oxygens (including phenoxy) is 3. The zero-order chi connectivity index (χ0) is 52.7. The van der Waals surface area contributed by atoms with Crippen LogP contribution in [0.4, 0.5) is 0 Å². The first-order chi connectivity index (χ1) is 35.2. The lowest BCUT2D eigenvalue weighted by Crippen LogP contribution is -2.30. The van der Waals surface area contributed by atoms with Crippen LogP contribution < -0.4 is 0 Å². The predicted octanol–water partition coefficient (Wildman–Crippen LogP) is 16.0. The fraction of sp³-hybridized carbons (Fsp3) is 0.617. The Kier molecular flexibility index (Phi) is 50.1. The van der Waals surface area contributed by atoms with E-state index in [2.05, 4.69) is 130 Å². The second-order valence-electron chi connectivity index (χ2n) is 17.6. The third-order valence-electron chi connectivity index (χ3n) is 10.9. The van der Waals surface area contributed by atoms with Crippen molar-refractivity contribution in [2.24, 2.45) is 0 Å².